The lowest BCUT2D eigenvalue weighted by atomic mass is 9.78. The van der Waals surface area contributed by atoms with E-state index in [-0.39, 0.29) is 12.4 Å². The first-order valence-electron chi connectivity index (χ1n) is 6.05. The van der Waals surface area contributed by atoms with Crippen molar-refractivity contribution in [1.29, 1.82) is 0 Å². The number of hydrogen-bond acceptors (Lipinski definition) is 3. The normalized spacial score (nSPS) is 15.3. The van der Waals surface area contributed by atoms with Crippen molar-refractivity contribution in [2.45, 2.75) is 25.7 Å². The van der Waals surface area contributed by atoms with Crippen LogP contribution in [0.15, 0.2) is 30.6 Å². The zero-order chi connectivity index (χ0) is 13.0. The predicted octanol–water partition coefficient (Wildman–Crippen LogP) is 3.43. The van der Waals surface area contributed by atoms with Gasteiger partial charge >= 0.3 is 0 Å². The topological polar surface area (TPSA) is 39.2 Å². The van der Waals surface area contributed by atoms with Gasteiger partial charge in [0.2, 0.25) is 0 Å². The third kappa shape index (κ3) is 3.84. The Labute approximate surface area is 112 Å². The highest BCUT2D eigenvalue weighted by Crippen LogP contribution is 2.34. The van der Waals surface area contributed by atoms with Crippen LogP contribution >= 0.6 is 11.6 Å². The first kappa shape index (κ1) is 13.1. The van der Waals surface area contributed by atoms with Gasteiger partial charge in [-0.3, -0.25) is 9.78 Å². The first-order chi connectivity index (χ1) is 8.63. The zero-order valence-corrected chi connectivity index (χ0v) is 10.9. The van der Waals surface area contributed by atoms with E-state index in [1.54, 1.807) is 12.3 Å². The van der Waals surface area contributed by atoms with Crippen LogP contribution in [0.5, 0.6) is 5.75 Å². The summed E-state index contributed by atoms with van der Waals surface area (Å²) in [6.45, 7) is 3.99. The van der Waals surface area contributed by atoms with Crippen LogP contribution in [0.2, 0.25) is 5.02 Å². The molecule has 0 saturated heterocycles. The van der Waals surface area contributed by atoms with Crippen molar-refractivity contribution in [2.24, 2.45) is 5.92 Å². The van der Waals surface area contributed by atoms with Crippen molar-refractivity contribution in [3.8, 4) is 5.75 Å². The lowest BCUT2D eigenvalue weighted by Crippen LogP contribution is -2.17. The van der Waals surface area contributed by atoms with Crippen molar-refractivity contribution in [3.63, 3.8) is 0 Å². The van der Waals surface area contributed by atoms with Gasteiger partial charge in [-0.2, -0.15) is 0 Å². The number of hydrogen-bond donors (Lipinski definition) is 0. The quantitative estimate of drug-likeness (QED) is 0.740. The summed E-state index contributed by atoms with van der Waals surface area (Å²) in [5.74, 6) is 1.30. The molecule has 96 valence electrons. The summed E-state index contributed by atoms with van der Waals surface area (Å²) in [5, 5.41) is 0.507. The smallest absolute Gasteiger partial charge is 0.170 e. The molecule has 0 radical (unpaired) electrons. The molecule has 0 N–H and O–H groups in total. The first-order valence-corrected chi connectivity index (χ1v) is 6.43. The lowest BCUT2D eigenvalue weighted by Gasteiger charge is -2.27. The average molecular weight is 266 g/mol. The Morgan fingerprint density at radius 1 is 1.50 bits per heavy atom. The molecule has 2 rings (SSSR count). The standard InChI is InChI=1S/C14H16ClNO2/c1-10-4-11(5-10)2-3-13(17)9-18-14-6-12(15)7-16-8-14/h6-8,11H,1-5,9H2. The van der Waals surface area contributed by atoms with Crippen molar-refractivity contribution in [3.05, 3.63) is 35.6 Å². The summed E-state index contributed by atoms with van der Waals surface area (Å²) >= 11 is 5.77. The average Bonchev–Trinajstić information content (AvgIpc) is 2.31. The number of rotatable bonds is 6. The molecule has 4 heteroatoms. The molecule has 1 aromatic rings. The summed E-state index contributed by atoms with van der Waals surface area (Å²) in [5.41, 5.74) is 1.30. The number of nitrogens with zero attached hydrogens (tertiary/aromatic N) is 1. The van der Waals surface area contributed by atoms with Crippen molar-refractivity contribution in [2.75, 3.05) is 6.61 Å². The number of ketones is 1. The van der Waals surface area contributed by atoms with Crippen LogP contribution in [0.1, 0.15) is 25.7 Å². The van der Waals surface area contributed by atoms with E-state index in [1.807, 2.05) is 0 Å². The Hall–Kier alpha value is -1.35. The minimum atomic E-state index is 0.0929. The van der Waals surface area contributed by atoms with Gasteiger partial charge in [0.25, 0.3) is 0 Å². The number of Topliss-reactive ketones (excluding diaryl/α,β-unsaturated/α-hetero) is 1. The fourth-order valence-electron chi connectivity index (χ4n) is 2.03. The number of aromatic nitrogens is 1. The largest absolute Gasteiger partial charge is 0.484 e. The van der Waals surface area contributed by atoms with Crippen LogP contribution in [0.4, 0.5) is 0 Å². The number of carbonyl (C=O) groups is 1. The molecule has 1 aliphatic rings. The van der Waals surface area contributed by atoms with E-state index in [0.29, 0.717) is 23.1 Å². The molecule has 1 aliphatic carbocycles. The minimum absolute atomic E-state index is 0.0929. The van der Waals surface area contributed by atoms with Crippen LogP contribution in [-0.2, 0) is 4.79 Å². The molecule has 1 aromatic heterocycles. The van der Waals surface area contributed by atoms with Gasteiger partial charge in [-0.25, -0.2) is 0 Å². The van der Waals surface area contributed by atoms with E-state index in [1.165, 1.54) is 11.8 Å². The Morgan fingerprint density at radius 2 is 2.28 bits per heavy atom. The Kier molecular flexibility index (Phi) is 4.37. The predicted molar refractivity (Wildman–Crippen MR) is 70.8 cm³/mol. The van der Waals surface area contributed by atoms with E-state index < -0.39 is 0 Å². The van der Waals surface area contributed by atoms with Gasteiger partial charge in [-0.15, -0.1) is 0 Å². The fraction of sp³-hybridized carbons (Fsp3) is 0.429. The zero-order valence-electron chi connectivity index (χ0n) is 10.2. The molecule has 1 fully saturated rings. The Bertz CT molecular complexity index is 451. The number of carbonyl (C=O) groups excluding carboxylic acids is 1. The molecule has 18 heavy (non-hydrogen) atoms. The number of halogens is 1. The maximum absolute atomic E-state index is 11.6. The maximum atomic E-state index is 11.6. The summed E-state index contributed by atoms with van der Waals surface area (Å²) in [6, 6.07) is 1.65. The monoisotopic (exact) mass is 265 g/mol. The number of pyridine rings is 1. The molecule has 1 heterocycles. The highest BCUT2D eigenvalue weighted by molar-refractivity contribution is 6.30. The van der Waals surface area contributed by atoms with Crippen LogP contribution < -0.4 is 4.74 Å². The van der Waals surface area contributed by atoms with Gasteiger partial charge in [0.05, 0.1) is 11.2 Å². The summed E-state index contributed by atoms with van der Waals surface area (Å²) in [4.78, 5) is 15.5. The molecule has 0 aliphatic heterocycles. The Morgan fingerprint density at radius 3 is 2.94 bits per heavy atom. The van der Waals surface area contributed by atoms with Crippen molar-refractivity contribution >= 4 is 17.4 Å². The second-order valence-corrected chi connectivity index (χ2v) is 5.17. The number of allylic oxidation sites excluding steroid dienone is 1. The highest BCUT2D eigenvalue weighted by atomic mass is 35.5. The van der Waals surface area contributed by atoms with Gasteiger partial charge in [-0.1, -0.05) is 23.8 Å². The van der Waals surface area contributed by atoms with Crippen LogP contribution in [0.3, 0.4) is 0 Å². The van der Waals surface area contributed by atoms with E-state index in [9.17, 15) is 4.79 Å². The lowest BCUT2D eigenvalue weighted by molar-refractivity contribution is -0.121. The second-order valence-electron chi connectivity index (χ2n) is 4.73. The van der Waals surface area contributed by atoms with Gasteiger partial charge in [0.15, 0.2) is 5.78 Å². The van der Waals surface area contributed by atoms with Gasteiger partial charge < -0.3 is 4.74 Å². The van der Waals surface area contributed by atoms with E-state index in [0.717, 1.165) is 19.3 Å². The maximum Gasteiger partial charge on any atom is 0.170 e. The molecule has 1 saturated carbocycles. The van der Waals surface area contributed by atoms with Crippen LogP contribution in [0.25, 0.3) is 0 Å². The van der Waals surface area contributed by atoms with Crippen LogP contribution in [-0.4, -0.2) is 17.4 Å². The van der Waals surface area contributed by atoms with Crippen molar-refractivity contribution < 1.29 is 9.53 Å². The van der Waals surface area contributed by atoms with Gasteiger partial charge in [-0.05, 0) is 25.2 Å². The molecule has 3 nitrogen and oxygen atoms in total. The summed E-state index contributed by atoms with van der Waals surface area (Å²) < 4.78 is 5.34. The van der Waals surface area contributed by atoms with E-state index in [4.69, 9.17) is 16.3 Å². The third-order valence-electron chi connectivity index (χ3n) is 3.07. The van der Waals surface area contributed by atoms with Crippen molar-refractivity contribution in [1.82, 2.24) is 4.98 Å². The summed E-state index contributed by atoms with van der Waals surface area (Å²) in [7, 11) is 0. The molecule has 0 amide bonds. The molecular formula is C14H16ClNO2. The molecule has 0 atom stereocenters. The Balaban J connectivity index is 1.67. The fourth-order valence-corrected chi connectivity index (χ4v) is 2.20. The number of ether oxygens (including phenoxy) is 1. The molecule has 0 spiro atoms. The van der Waals surface area contributed by atoms with Gasteiger partial charge in [0.1, 0.15) is 12.4 Å². The molecule has 0 unspecified atom stereocenters. The minimum Gasteiger partial charge on any atom is -0.484 e. The molecular weight excluding hydrogens is 250 g/mol. The summed E-state index contributed by atoms with van der Waals surface area (Å²) in [6.07, 6.45) is 6.74. The molecule has 0 bridgehead atoms. The third-order valence-corrected chi connectivity index (χ3v) is 3.27. The second kappa shape index (κ2) is 6.01. The van der Waals surface area contributed by atoms with Crippen LogP contribution in [0, 0.1) is 5.92 Å². The van der Waals surface area contributed by atoms with Gasteiger partial charge in [0, 0.05) is 18.7 Å². The van der Waals surface area contributed by atoms with E-state index >= 15 is 0 Å². The SMILES string of the molecule is C=C1CC(CCC(=O)COc2cncc(Cl)c2)C1. The molecule has 0 aromatic carbocycles. The highest BCUT2D eigenvalue weighted by Gasteiger charge is 2.21. The van der Waals surface area contributed by atoms with E-state index in [2.05, 4.69) is 11.6 Å².